The van der Waals surface area contributed by atoms with Crippen LogP contribution in [0.1, 0.15) is 31.2 Å². The normalized spacial score (nSPS) is 17.5. The fourth-order valence-electron chi connectivity index (χ4n) is 2.59. The van der Waals surface area contributed by atoms with E-state index in [2.05, 4.69) is 4.99 Å². The molecule has 4 heteroatoms. The zero-order chi connectivity index (χ0) is 12.3. The lowest BCUT2D eigenvalue weighted by Gasteiger charge is -2.26. The van der Waals surface area contributed by atoms with Gasteiger partial charge in [-0.05, 0) is 25.0 Å². The number of hydrogen-bond donors (Lipinski definition) is 0. The number of isocyanates is 1. The molecule has 0 aromatic heterocycles. The van der Waals surface area contributed by atoms with Crippen molar-refractivity contribution in [2.24, 2.45) is 4.99 Å². The molecule has 0 amide bonds. The van der Waals surface area contributed by atoms with Crippen molar-refractivity contribution in [3.8, 4) is 5.75 Å². The topological polar surface area (TPSA) is 38.7 Å². The molecule has 2 rings (SSSR count). The second-order valence-electron chi connectivity index (χ2n) is 4.26. The SMILES string of the molecule is COc1cccc(Cl)c1C1(N=C=O)CCCC1. The molecular formula is C13H14ClNO2. The van der Waals surface area contributed by atoms with E-state index in [0.717, 1.165) is 31.2 Å². The van der Waals surface area contributed by atoms with Crippen LogP contribution in [0.3, 0.4) is 0 Å². The van der Waals surface area contributed by atoms with Crippen LogP contribution in [-0.2, 0) is 10.3 Å². The van der Waals surface area contributed by atoms with Gasteiger partial charge >= 0.3 is 0 Å². The Bertz CT molecular complexity index is 460. The van der Waals surface area contributed by atoms with Crippen molar-refractivity contribution >= 4 is 17.7 Å². The molecule has 0 radical (unpaired) electrons. The minimum Gasteiger partial charge on any atom is -0.496 e. The summed E-state index contributed by atoms with van der Waals surface area (Å²) in [4.78, 5) is 14.7. The van der Waals surface area contributed by atoms with Crippen molar-refractivity contribution in [1.82, 2.24) is 0 Å². The first kappa shape index (κ1) is 12.2. The number of nitrogens with zero attached hydrogens (tertiary/aromatic N) is 1. The van der Waals surface area contributed by atoms with Gasteiger partial charge in [0.05, 0.1) is 7.11 Å². The summed E-state index contributed by atoms with van der Waals surface area (Å²) in [6.07, 6.45) is 5.41. The standard InChI is InChI=1S/C13H14ClNO2/c1-17-11-6-4-5-10(14)12(11)13(15-9-16)7-2-3-8-13/h4-6H,2-3,7-8H2,1H3. The molecule has 90 valence electrons. The van der Waals surface area contributed by atoms with Gasteiger partial charge in [-0.25, -0.2) is 4.79 Å². The van der Waals surface area contributed by atoms with Crippen molar-refractivity contribution in [2.75, 3.05) is 7.11 Å². The van der Waals surface area contributed by atoms with Gasteiger partial charge in [0.15, 0.2) is 0 Å². The van der Waals surface area contributed by atoms with Gasteiger partial charge in [0.25, 0.3) is 0 Å². The molecule has 1 saturated carbocycles. The van der Waals surface area contributed by atoms with E-state index in [-0.39, 0.29) is 0 Å². The molecule has 0 unspecified atom stereocenters. The fraction of sp³-hybridized carbons (Fsp3) is 0.462. The molecule has 0 aliphatic heterocycles. The van der Waals surface area contributed by atoms with Gasteiger partial charge in [0, 0.05) is 10.6 Å². The van der Waals surface area contributed by atoms with Crippen molar-refractivity contribution in [3.63, 3.8) is 0 Å². The summed E-state index contributed by atoms with van der Waals surface area (Å²) in [6, 6.07) is 5.49. The highest BCUT2D eigenvalue weighted by Gasteiger charge is 2.39. The Morgan fingerprint density at radius 1 is 1.41 bits per heavy atom. The van der Waals surface area contributed by atoms with Gasteiger partial charge in [-0.2, -0.15) is 4.99 Å². The smallest absolute Gasteiger partial charge is 0.235 e. The van der Waals surface area contributed by atoms with Crippen LogP contribution in [0.15, 0.2) is 23.2 Å². The molecule has 0 N–H and O–H groups in total. The monoisotopic (exact) mass is 251 g/mol. The second kappa shape index (κ2) is 4.91. The van der Waals surface area contributed by atoms with Crippen LogP contribution >= 0.6 is 11.6 Å². The number of ether oxygens (including phenoxy) is 1. The lowest BCUT2D eigenvalue weighted by molar-refractivity contribution is 0.379. The highest BCUT2D eigenvalue weighted by molar-refractivity contribution is 6.31. The van der Waals surface area contributed by atoms with Crippen molar-refractivity contribution in [3.05, 3.63) is 28.8 Å². The number of benzene rings is 1. The van der Waals surface area contributed by atoms with Crippen LogP contribution in [-0.4, -0.2) is 13.2 Å². The third-order valence-electron chi connectivity index (χ3n) is 3.35. The molecule has 3 nitrogen and oxygen atoms in total. The summed E-state index contributed by atoms with van der Waals surface area (Å²) in [6.45, 7) is 0. The minimum absolute atomic E-state index is 0.536. The molecule has 0 saturated heterocycles. The van der Waals surface area contributed by atoms with Gasteiger partial charge in [-0.3, -0.25) is 0 Å². The Balaban J connectivity index is 2.60. The largest absolute Gasteiger partial charge is 0.496 e. The second-order valence-corrected chi connectivity index (χ2v) is 4.67. The van der Waals surface area contributed by atoms with E-state index in [0.29, 0.717) is 10.8 Å². The Kier molecular flexibility index (Phi) is 3.51. The van der Waals surface area contributed by atoms with Crippen molar-refractivity contribution in [1.29, 1.82) is 0 Å². The number of rotatable bonds is 3. The lowest BCUT2D eigenvalue weighted by atomic mass is 9.88. The predicted molar refractivity (Wildman–Crippen MR) is 66.3 cm³/mol. The van der Waals surface area contributed by atoms with Gasteiger partial charge in [0.1, 0.15) is 11.3 Å². The maximum absolute atomic E-state index is 10.7. The van der Waals surface area contributed by atoms with Gasteiger partial charge in [-0.1, -0.05) is 30.5 Å². The summed E-state index contributed by atoms with van der Waals surface area (Å²) < 4.78 is 5.34. The van der Waals surface area contributed by atoms with Crippen LogP contribution in [0.4, 0.5) is 0 Å². The van der Waals surface area contributed by atoms with Crippen molar-refractivity contribution < 1.29 is 9.53 Å². The Morgan fingerprint density at radius 3 is 2.71 bits per heavy atom. The molecule has 1 aliphatic carbocycles. The van der Waals surface area contributed by atoms with Crippen LogP contribution in [0, 0.1) is 0 Å². The third kappa shape index (κ3) is 2.08. The minimum atomic E-state index is -0.536. The number of aliphatic imine (C=N–C) groups is 1. The Hall–Kier alpha value is -1.31. The Labute approximate surface area is 105 Å². The predicted octanol–water partition coefficient (Wildman–Crippen LogP) is 3.45. The molecule has 0 atom stereocenters. The highest BCUT2D eigenvalue weighted by atomic mass is 35.5. The van der Waals surface area contributed by atoms with E-state index in [9.17, 15) is 4.79 Å². The van der Waals surface area contributed by atoms with E-state index >= 15 is 0 Å². The van der Waals surface area contributed by atoms with Gasteiger partial charge < -0.3 is 4.74 Å². The zero-order valence-corrected chi connectivity index (χ0v) is 10.5. The fourth-order valence-corrected chi connectivity index (χ4v) is 2.93. The van der Waals surface area contributed by atoms with Crippen LogP contribution in [0.2, 0.25) is 5.02 Å². The number of hydrogen-bond acceptors (Lipinski definition) is 3. The van der Waals surface area contributed by atoms with E-state index in [1.165, 1.54) is 0 Å². The van der Waals surface area contributed by atoms with Gasteiger partial charge in [-0.15, -0.1) is 0 Å². The first-order chi connectivity index (χ1) is 8.23. The van der Waals surface area contributed by atoms with E-state index < -0.39 is 5.54 Å². The molecule has 0 heterocycles. The molecule has 0 bridgehead atoms. The molecule has 0 spiro atoms. The van der Waals surface area contributed by atoms with Crippen LogP contribution in [0.25, 0.3) is 0 Å². The van der Waals surface area contributed by atoms with E-state index in [1.807, 2.05) is 12.1 Å². The van der Waals surface area contributed by atoms with E-state index in [4.69, 9.17) is 16.3 Å². The van der Waals surface area contributed by atoms with Crippen molar-refractivity contribution in [2.45, 2.75) is 31.2 Å². The average molecular weight is 252 g/mol. The lowest BCUT2D eigenvalue weighted by Crippen LogP contribution is -2.20. The molecular weight excluding hydrogens is 238 g/mol. The van der Waals surface area contributed by atoms with E-state index in [1.54, 1.807) is 19.3 Å². The zero-order valence-electron chi connectivity index (χ0n) is 9.70. The maximum atomic E-state index is 10.7. The molecule has 1 aromatic carbocycles. The molecule has 1 aliphatic rings. The number of halogens is 1. The first-order valence-corrected chi connectivity index (χ1v) is 6.03. The summed E-state index contributed by atoms with van der Waals surface area (Å²) in [7, 11) is 1.60. The highest BCUT2D eigenvalue weighted by Crippen LogP contribution is 2.48. The third-order valence-corrected chi connectivity index (χ3v) is 3.67. The number of methoxy groups -OCH3 is 1. The quantitative estimate of drug-likeness (QED) is 0.610. The molecule has 1 aromatic rings. The number of carbonyl (C=O) groups excluding carboxylic acids is 1. The summed E-state index contributed by atoms with van der Waals surface area (Å²) in [5, 5.41) is 0.602. The van der Waals surface area contributed by atoms with Gasteiger partial charge in [0.2, 0.25) is 6.08 Å². The Morgan fingerprint density at radius 2 is 2.12 bits per heavy atom. The summed E-state index contributed by atoms with van der Waals surface area (Å²) in [5.74, 6) is 0.693. The summed E-state index contributed by atoms with van der Waals surface area (Å²) >= 11 is 6.24. The maximum Gasteiger partial charge on any atom is 0.235 e. The van der Waals surface area contributed by atoms with Crippen LogP contribution < -0.4 is 4.74 Å². The van der Waals surface area contributed by atoms with Crippen LogP contribution in [0.5, 0.6) is 5.75 Å². The first-order valence-electron chi connectivity index (χ1n) is 5.65. The molecule has 17 heavy (non-hydrogen) atoms. The summed E-state index contributed by atoms with van der Waals surface area (Å²) in [5.41, 5.74) is 0.288. The molecule has 1 fully saturated rings. The average Bonchev–Trinajstić information content (AvgIpc) is 2.78.